The second-order valence-electron chi connectivity index (χ2n) is 13.6. The van der Waals surface area contributed by atoms with Gasteiger partial charge in [-0.15, -0.1) is 0 Å². The Kier molecular flexibility index (Phi) is 18.5. The second-order valence-corrected chi connectivity index (χ2v) is 19.0. The molecule has 334 valence electrons. The number of carboxylic acids is 1. The van der Waals surface area contributed by atoms with Crippen LogP contribution in [0.4, 0.5) is 5.82 Å². The van der Waals surface area contributed by atoms with E-state index in [2.05, 4.69) is 34.4 Å². The number of aliphatic hydroxyl groups excluding tert-OH is 2. The van der Waals surface area contributed by atoms with Crippen molar-refractivity contribution in [1.82, 2.24) is 30.2 Å². The van der Waals surface area contributed by atoms with Crippen molar-refractivity contribution in [3.63, 3.8) is 0 Å². The van der Waals surface area contributed by atoms with Crippen LogP contribution in [-0.2, 0) is 55.5 Å². The first-order valence-electron chi connectivity index (χ1n) is 17.7. The Bertz CT molecular complexity index is 1940. The van der Waals surface area contributed by atoms with E-state index in [1.54, 1.807) is 0 Å². The first-order chi connectivity index (χ1) is 27.4. The summed E-state index contributed by atoms with van der Waals surface area (Å²) in [5.74, 6) is -3.84. The van der Waals surface area contributed by atoms with Crippen LogP contribution >= 0.6 is 35.2 Å². The average Bonchev–Trinajstić information content (AvgIpc) is 3.69. The Labute approximate surface area is 340 Å². The fourth-order valence-corrected chi connectivity index (χ4v) is 8.98. The molecule has 3 heterocycles. The Morgan fingerprint density at radius 3 is 2.36 bits per heavy atom. The number of aliphatic carboxylic acids is 1. The molecular formula is C29H48N7O19P3S. The van der Waals surface area contributed by atoms with Crippen LogP contribution in [-0.4, -0.2) is 134 Å². The third-order valence-corrected chi connectivity index (χ3v) is 12.5. The standard InChI is InChI=1S/C29H48N7O19P3S/c1-4-5-6-7-16(27(41)42)28(43)59-11-10-31-18(37)8-9-32-25(40)22(39)29(2,3)13-52-58(49,50)55-57(47,48)51-12-17-21(54-56(44,45)46)20(38)26(53-17)36-15-35-19-23(30)33-14-34-24(19)36/h14-17,20-22,26,38-39H,4-13H2,1-3H3,(H,31,37)(H,32,40)(H,41,42)(H,47,48)(H,49,50)(H2,30,33,34)(H2,44,45,46). The molecule has 0 saturated carbocycles. The minimum Gasteiger partial charge on any atom is -0.481 e. The number of unbranched alkanes of at least 4 members (excludes halogenated alkanes) is 2. The summed E-state index contributed by atoms with van der Waals surface area (Å²) in [6.07, 6.45) is -4.64. The Morgan fingerprint density at radius 1 is 1.03 bits per heavy atom. The first kappa shape index (κ1) is 50.4. The minimum absolute atomic E-state index is 0.0193. The minimum atomic E-state index is -5.59. The lowest BCUT2D eigenvalue weighted by atomic mass is 9.87. The maximum absolute atomic E-state index is 12.7. The number of aliphatic hydroxyl groups is 2. The maximum Gasteiger partial charge on any atom is 0.481 e. The van der Waals surface area contributed by atoms with Crippen LogP contribution in [0.5, 0.6) is 0 Å². The van der Waals surface area contributed by atoms with E-state index in [0.29, 0.717) is 6.42 Å². The van der Waals surface area contributed by atoms with E-state index in [0.717, 1.165) is 41.8 Å². The SMILES string of the molecule is CCCCCC(C(=O)O)C(=O)SCCNC(=O)CCNC(=O)C(O)C(C)(C)COP(=O)(O)OP(=O)(O)OCC1OC(n2cnc3c(N)ncnc32)C(O)C1OP(=O)(O)O. The molecule has 1 saturated heterocycles. The fraction of sp³-hybridized carbons (Fsp3) is 0.690. The lowest BCUT2D eigenvalue weighted by Gasteiger charge is -2.30. The number of nitrogen functional groups attached to an aromatic ring is 1. The highest BCUT2D eigenvalue weighted by Gasteiger charge is 2.50. The van der Waals surface area contributed by atoms with Crippen LogP contribution in [0.15, 0.2) is 12.7 Å². The Balaban J connectivity index is 1.47. The molecule has 8 atom stereocenters. The van der Waals surface area contributed by atoms with Crippen molar-refractivity contribution < 1.29 is 90.4 Å². The molecule has 2 aromatic rings. The van der Waals surface area contributed by atoms with Gasteiger partial charge in [0.25, 0.3) is 0 Å². The number of carbonyl (C=O) groups excluding carboxylic acids is 3. The molecule has 0 radical (unpaired) electrons. The number of phosphoric acid groups is 3. The fourth-order valence-electron chi connectivity index (χ4n) is 5.32. The van der Waals surface area contributed by atoms with Gasteiger partial charge in [0.2, 0.25) is 16.9 Å². The summed E-state index contributed by atoms with van der Waals surface area (Å²) in [5.41, 5.74) is 4.20. The van der Waals surface area contributed by atoms with E-state index in [9.17, 15) is 67.8 Å². The number of hydrogen-bond donors (Lipinski definition) is 10. The van der Waals surface area contributed by atoms with E-state index >= 15 is 0 Å². The topological polar surface area (TPSA) is 401 Å². The van der Waals surface area contributed by atoms with Crippen molar-refractivity contribution in [2.45, 2.75) is 83.5 Å². The number of phosphoric ester groups is 3. The molecule has 30 heteroatoms. The van der Waals surface area contributed by atoms with Crippen LogP contribution in [0.2, 0.25) is 0 Å². The molecule has 3 rings (SSSR count). The third-order valence-electron chi connectivity index (χ3n) is 8.43. The number of hydrogen-bond acceptors (Lipinski definition) is 19. The second kappa shape index (κ2) is 21.7. The van der Waals surface area contributed by atoms with Gasteiger partial charge in [0.15, 0.2) is 17.7 Å². The lowest BCUT2D eigenvalue weighted by Crippen LogP contribution is -2.46. The van der Waals surface area contributed by atoms with E-state index in [1.165, 1.54) is 13.8 Å². The van der Waals surface area contributed by atoms with E-state index in [4.69, 9.17) is 19.5 Å². The van der Waals surface area contributed by atoms with Crippen molar-refractivity contribution in [1.29, 1.82) is 0 Å². The predicted octanol–water partition coefficient (Wildman–Crippen LogP) is -0.0542. The molecule has 11 N–H and O–H groups in total. The molecule has 1 aliphatic rings. The number of nitrogens with two attached hydrogens (primary N) is 1. The van der Waals surface area contributed by atoms with Gasteiger partial charge in [-0.2, -0.15) is 4.31 Å². The number of carboxylic acid groups (broad SMARTS) is 1. The third kappa shape index (κ3) is 15.5. The lowest BCUT2D eigenvalue weighted by molar-refractivity contribution is -0.144. The first-order valence-corrected chi connectivity index (χ1v) is 23.2. The summed E-state index contributed by atoms with van der Waals surface area (Å²) < 4.78 is 62.1. The van der Waals surface area contributed by atoms with Gasteiger partial charge in [0.1, 0.15) is 42.2 Å². The normalized spacial score (nSPS) is 21.6. The number of anilines is 1. The molecule has 2 amide bonds. The molecule has 0 bridgehead atoms. The number of fused-ring (bicyclic) bond motifs is 1. The van der Waals surface area contributed by atoms with Crippen LogP contribution in [0.3, 0.4) is 0 Å². The van der Waals surface area contributed by atoms with E-state index < -0.39 is 102 Å². The summed E-state index contributed by atoms with van der Waals surface area (Å²) in [5, 5.41) is 35.1. The predicted molar refractivity (Wildman–Crippen MR) is 202 cm³/mol. The van der Waals surface area contributed by atoms with Crippen molar-refractivity contribution in [3.8, 4) is 0 Å². The van der Waals surface area contributed by atoms with E-state index in [-0.39, 0.29) is 48.7 Å². The number of imidazole rings is 1. The number of aromatic nitrogens is 4. The zero-order chi connectivity index (χ0) is 44.3. The highest BCUT2D eigenvalue weighted by molar-refractivity contribution is 8.13. The molecule has 0 spiro atoms. The molecule has 26 nitrogen and oxygen atoms in total. The van der Waals surface area contributed by atoms with Gasteiger partial charge in [0.05, 0.1) is 19.5 Å². The quantitative estimate of drug-likeness (QED) is 0.0354. The maximum atomic E-state index is 12.7. The largest absolute Gasteiger partial charge is 0.481 e. The van der Waals surface area contributed by atoms with Crippen molar-refractivity contribution in [2.75, 3.05) is 37.8 Å². The summed E-state index contributed by atoms with van der Waals surface area (Å²) in [7, 11) is -16.5. The Morgan fingerprint density at radius 2 is 1.71 bits per heavy atom. The number of nitrogens with one attached hydrogen (secondary N) is 2. The number of rotatable bonds is 25. The summed E-state index contributed by atoms with van der Waals surface area (Å²) in [6.45, 7) is 2.10. The molecule has 0 aromatic carbocycles. The molecule has 1 aliphatic heterocycles. The summed E-state index contributed by atoms with van der Waals surface area (Å²) in [6, 6.07) is 0. The monoisotopic (exact) mass is 923 g/mol. The summed E-state index contributed by atoms with van der Waals surface area (Å²) in [4.78, 5) is 99.4. The van der Waals surface area contributed by atoms with Crippen molar-refractivity contribution in [2.24, 2.45) is 11.3 Å². The number of ether oxygens (including phenoxy) is 1. The average molecular weight is 924 g/mol. The van der Waals surface area contributed by atoms with Gasteiger partial charge in [-0.3, -0.25) is 37.3 Å². The number of amides is 2. The van der Waals surface area contributed by atoms with Gasteiger partial charge < -0.3 is 56.0 Å². The number of thioether (sulfide) groups is 1. The van der Waals surface area contributed by atoms with E-state index in [1.807, 2.05) is 6.92 Å². The van der Waals surface area contributed by atoms with Crippen molar-refractivity contribution >= 4 is 75.1 Å². The molecular weight excluding hydrogens is 875 g/mol. The highest BCUT2D eigenvalue weighted by atomic mass is 32.2. The number of nitrogens with zero attached hydrogens (tertiary/aromatic N) is 4. The van der Waals surface area contributed by atoms with Gasteiger partial charge in [-0.1, -0.05) is 51.8 Å². The molecule has 1 fully saturated rings. The molecule has 8 unspecified atom stereocenters. The zero-order valence-electron chi connectivity index (χ0n) is 31.8. The molecule has 59 heavy (non-hydrogen) atoms. The van der Waals surface area contributed by atoms with Crippen LogP contribution in [0.25, 0.3) is 11.2 Å². The molecule has 0 aliphatic carbocycles. The Hall–Kier alpha value is -2.97. The van der Waals surface area contributed by atoms with Gasteiger partial charge in [-0.05, 0) is 6.42 Å². The summed E-state index contributed by atoms with van der Waals surface area (Å²) >= 11 is 0.784. The highest BCUT2D eigenvalue weighted by Crippen LogP contribution is 2.61. The van der Waals surface area contributed by atoms with Gasteiger partial charge >= 0.3 is 29.4 Å². The van der Waals surface area contributed by atoms with Crippen LogP contribution < -0.4 is 16.4 Å². The smallest absolute Gasteiger partial charge is 0.481 e. The van der Waals surface area contributed by atoms with Crippen molar-refractivity contribution in [3.05, 3.63) is 12.7 Å². The van der Waals surface area contributed by atoms with Gasteiger partial charge in [-0.25, -0.2) is 28.6 Å². The molecule has 2 aromatic heterocycles. The van der Waals surface area contributed by atoms with Crippen LogP contribution in [0, 0.1) is 11.3 Å². The zero-order valence-corrected chi connectivity index (χ0v) is 35.3. The number of carbonyl (C=O) groups is 4. The van der Waals surface area contributed by atoms with Crippen LogP contribution in [0.1, 0.15) is 59.1 Å². The van der Waals surface area contributed by atoms with Gasteiger partial charge in [0, 0.05) is 30.7 Å².